The minimum absolute atomic E-state index is 0.301. The van der Waals surface area contributed by atoms with E-state index in [1.54, 1.807) is 25.3 Å². The zero-order valence-corrected chi connectivity index (χ0v) is 12.6. The van der Waals surface area contributed by atoms with E-state index in [9.17, 15) is 9.59 Å². The quantitative estimate of drug-likeness (QED) is 0.322. The van der Waals surface area contributed by atoms with Crippen LogP contribution >= 0.6 is 0 Å². The van der Waals surface area contributed by atoms with Gasteiger partial charge in [0.1, 0.15) is 17.9 Å². The number of carbonyl (C=O) groups is 2. The molecule has 1 aromatic carbocycles. The van der Waals surface area contributed by atoms with Crippen LogP contribution in [0.15, 0.2) is 36.0 Å². The molecule has 7 heteroatoms. The van der Waals surface area contributed by atoms with Gasteiger partial charge in [-0.25, -0.2) is 5.43 Å². The van der Waals surface area contributed by atoms with Crippen molar-refractivity contribution in [1.29, 1.82) is 0 Å². The third-order valence-corrected chi connectivity index (χ3v) is 2.60. The van der Waals surface area contributed by atoms with Crippen LogP contribution in [0.3, 0.4) is 0 Å². The van der Waals surface area contributed by atoms with Gasteiger partial charge in [0.15, 0.2) is 0 Å². The van der Waals surface area contributed by atoms with Gasteiger partial charge in [-0.2, -0.15) is 5.10 Å². The Labute approximate surface area is 129 Å². The van der Waals surface area contributed by atoms with Crippen molar-refractivity contribution < 1.29 is 19.1 Å². The van der Waals surface area contributed by atoms with Crippen molar-refractivity contribution in [3.8, 4) is 11.5 Å². The molecule has 1 aromatic rings. The molecule has 0 bridgehead atoms. The Morgan fingerprint density at radius 3 is 2.68 bits per heavy atom. The smallest absolute Gasteiger partial charge is 0.249 e. The molecule has 118 valence electrons. The molecule has 7 nitrogen and oxygen atoms in total. The number of hydrogen-bond acceptors (Lipinski definition) is 5. The molecule has 0 aliphatic heterocycles. The van der Waals surface area contributed by atoms with Crippen LogP contribution in [0.25, 0.3) is 0 Å². The summed E-state index contributed by atoms with van der Waals surface area (Å²) >= 11 is 0. The molecule has 22 heavy (non-hydrogen) atoms. The zero-order chi connectivity index (χ0) is 16.4. The van der Waals surface area contributed by atoms with Crippen molar-refractivity contribution in [2.45, 2.75) is 6.42 Å². The summed E-state index contributed by atoms with van der Waals surface area (Å²) in [6, 6.07) is 5.18. The molecule has 1 rings (SSSR count). The lowest BCUT2D eigenvalue weighted by Gasteiger charge is -2.06. The second-order valence-electron chi connectivity index (χ2n) is 4.17. The number of amides is 2. The summed E-state index contributed by atoms with van der Waals surface area (Å²) in [5, 5.41) is 6.29. The van der Waals surface area contributed by atoms with Crippen LogP contribution in [-0.4, -0.2) is 38.8 Å². The van der Waals surface area contributed by atoms with Crippen LogP contribution in [0.1, 0.15) is 12.0 Å². The number of ether oxygens (including phenoxy) is 2. The van der Waals surface area contributed by atoms with Crippen LogP contribution in [0, 0.1) is 0 Å². The molecule has 0 saturated carbocycles. The number of carbonyl (C=O) groups excluding carboxylic acids is 2. The second kappa shape index (κ2) is 9.17. The summed E-state index contributed by atoms with van der Waals surface area (Å²) in [4.78, 5) is 22.8. The Morgan fingerprint density at radius 1 is 1.27 bits per heavy atom. The van der Waals surface area contributed by atoms with Crippen molar-refractivity contribution in [3.63, 3.8) is 0 Å². The molecule has 2 N–H and O–H groups in total. The largest absolute Gasteiger partial charge is 0.497 e. The van der Waals surface area contributed by atoms with E-state index in [1.807, 2.05) is 0 Å². The summed E-state index contributed by atoms with van der Waals surface area (Å²) < 4.78 is 10.3. The van der Waals surface area contributed by atoms with Gasteiger partial charge in [-0.3, -0.25) is 9.59 Å². The van der Waals surface area contributed by atoms with Crippen LogP contribution < -0.4 is 20.2 Å². The molecule has 0 aliphatic rings. The minimum Gasteiger partial charge on any atom is -0.497 e. The van der Waals surface area contributed by atoms with Gasteiger partial charge < -0.3 is 14.8 Å². The van der Waals surface area contributed by atoms with Gasteiger partial charge in [0.05, 0.1) is 20.4 Å². The first-order valence-electron chi connectivity index (χ1n) is 6.52. The number of nitrogens with zero attached hydrogens (tertiary/aromatic N) is 1. The molecule has 0 aromatic heterocycles. The fraction of sp³-hybridized carbons (Fsp3) is 0.267. The molecule has 0 fully saturated rings. The van der Waals surface area contributed by atoms with Gasteiger partial charge in [-0.1, -0.05) is 6.08 Å². The average Bonchev–Trinajstić information content (AvgIpc) is 2.53. The molecule has 0 atom stereocenters. The number of rotatable bonds is 8. The van der Waals surface area contributed by atoms with E-state index in [1.165, 1.54) is 19.4 Å². The van der Waals surface area contributed by atoms with Gasteiger partial charge >= 0.3 is 0 Å². The van der Waals surface area contributed by atoms with Gasteiger partial charge in [-0.05, 0) is 12.1 Å². The van der Waals surface area contributed by atoms with E-state index in [-0.39, 0.29) is 6.42 Å². The van der Waals surface area contributed by atoms with E-state index in [4.69, 9.17) is 9.47 Å². The van der Waals surface area contributed by atoms with Gasteiger partial charge in [0.2, 0.25) is 11.8 Å². The Bertz CT molecular complexity index is 570. The maximum Gasteiger partial charge on any atom is 0.249 e. The zero-order valence-electron chi connectivity index (χ0n) is 12.6. The number of benzene rings is 1. The first-order chi connectivity index (χ1) is 10.6. The second-order valence-corrected chi connectivity index (χ2v) is 4.17. The highest BCUT2D eigenvalue weighted by molar-refractivity contribution is 5.97. The van der Waals surface area contributed by atoms with Gasteiger partial charge in [-0.15, -0.1) is 6.58 Å². The lowest BCUT2D eigenvalue weighted by molar-refractivity contribution is -0.129. The summed E-state index contributed by atoms with van der Waals surface area (Å²) in [6.07, 6.45) is 2.66. The molecule has 0 spiro atoms. The number of hydrazone groups is 1. The van der Waals surface area contributed by atoms with Crippen molar-refractivity contribution in [3.05, 3.63) is 36.4 Å². The van der Waals surface area contributed by atoms with Crippen molar-refractivity contribution >= 4 is 18.0 Å². The predicted octanol–water partition coefficient (Wildman–Crippen LogP) is 0.846. The molecular formula is C15H19N3O4. The van der Waals surface area contributed by atoms with Crippen molar-refractivity contribution in [1.82, 2.24) is 10.7 Å². The first kappa shape index (κ1) is 17.2. The highest BCUT2D eigenvalue weighted by Gasteiger charge is 2.07. The fourth-order valence-electron chi connectivity index (χ4n) is 1.53. The Hall–Kier alpha value is -2.83. The average molecular weight is 305 g/mol. The molecule has 0 unspecified atom stereocenters. The normalized spacial score (nSPS) is 10.1. The SMILES string of the molecule is C=CCNC(=O)CC(=O)N/N=C\c1ccc(OC)cc1OC. The maximum absolute atomic E-state index is 11.5. The van der Waals surface area contributed by atoms with Gasteiger partial charge in [0.25, 0.3) is 0 Å². The topological polar surface area (TPSA) is 89.0 Å². The van der Waals surface area contributed by atoms with Crippen molar-refractivity contribution in [2.24, 2.45) is 5.10 Å². The monoisotopic (exact) mass is 305 g/mol. The molecule has 0 radical (unpaired) electrons. The number of nitrogens with one attached hydrogen (secondary N) is 2. The molecule has 0 saturated heterocycles. The highest BCUT2D eigenvalue weighted by Crippen LogP contribution is 2.22. The number of methoxy groups -OCH3 is 2. The van der Waals surface area contributed by atoms with Crippen molar-refractivity contribution in [2.75, 3.05) is 20.8 Å². The van der Waals surface area contributed by atoms with Crippen LogP contribution in [0.2, 0.25) is 0 Å². The molecular weight excluding hydrogens is 286 g/mol. The fourth-order valence-corrected chi connectivity index (χ4v) is 1.53. The number of hydrogen-bond donors (Lipinski definition) is 2. The lowest BCUT2D eigenvalue weighted by atomic mass is 10.2. The van der Waals surface area contributed by atoms with Gasteiger partial charge in [0, 0.05) is 18.2 Å². The highest BCUT2D eigenvalue weighted by atomic mass is 16.5. The standard InChI is InChI=1S/C15H19N3O4/c1-4-7-16-14(19)9-15(20)18-17-10-11-5-6-12(21-2)8-13(11)22-3/h4-6,8,10H,1,7,9H2,2-3H3,(H,16,19)(H,18,20)/b17-10-. The van der Waals surface area contributed by atoms with E-state index in [0.29, 0.717) is 23.6 Å². The summed E-state index contributed by atoms with van der Waals surface area (Å²) in [5.41, 5.74) is 2.94. The maximum atomic E-state index is 11.5. The van der Waals surface area contributed by atoms with Crippen LogP contribution in [0.4, 0.5) is 0 Å². The molecule has 2 amide bonds. The summed E-state index contributed by atoms with van der Waals surface area (Å²) in [7, 11) is 3.08. The van der Waals surface area contributed by atoms with Crippen LogP contribution in [-0.2, 0) is 9.59 Å². The minimum atomic E-state index is -0.509. The molecule has 0 aliphatic carbocycles. The third kappa shape index (κ3) is 5.66. The lowest BCUT2D eigenvalue weighted by Crippen LogP contribution is -2.29. The summed E-state index contributed by atoms with van der Waals surface area (Å²) in [6.45, 7) is 3.78. The Balaban J connectivity index is 2.56. The van der Waals surface area contributed by atoms with E-state index in [2.05, 4.69) is 22.4 Å². The third-order valence-electron chi connectivity index (χ3n) is 2.60. The van der Waals surface area contributed by atoms with E-state index in [0.717, 1.165) is 0 Å². The summed E-state index contributed by atoms with van der Waals surface area (Å²) in [5.74, 6) is 0.304. The Kier molecular flexibility index (Phi) is 7.18. The molecule has 0 heterocycles. The first-order valence-corrected chi connectivity index (χ1v) is 6.52. The van der Waals surface area contributed by atoms with E-state index < -0.39 is 11.8 Å². The predicted molar refractivity (Wildman–Crippen MR) is 83.1 cm³/mol. The van der Waals surface area contributed by atoms with Crippen LogP contribution in [0.5, 0.6) is 11.5 Å². The Morgan fingerprint density at radius 2 is 2.05 bits per heavy atom. The van der Waals surface area contributed by atoms with E-state index >= 15 is 0 Å².